The molecular weight excluding hydrogens is 200 g/mol. The van der Waals surface area contributed by atoms with Crippen molar-refractivity contribution in [1.29, 1.82) is 0 Å². The molecule has 84 valence electrons. The molecule has 0 unspecified atom stereocenters. The predicted molar refractivity (Wildman–Crippen MR) is 63.0 cm³/mol. The fraction of sp³-hybridized carbons (Fsp3) is 0.333. The molecule has 0 spiro atoms. The first-order valence-electron chi connectivity index (χ1n) is 5.45. The minimum Gasteiger partial charge on any atom is -0.312 e. The van der Waals surface area contributed by atoms with Crippen LogP contribution >= 0.6 is 0 Å². The number of hydrogen-bond acceptors (Lipinski definition) is 3. The van der Waals surface area contributed by atoms with Crippen LogP contribution in [-0.4, -0.2) is 21.7 Å². The zero-order valence-electron chi connectivity index (χ0n) is 9.40. The Morgan fingerprint density at radius 2 is 2.31 bits per heavy atom. The minimum atomic E-state index is 0.881. The molecule has 0 aliphatic carbocycles. The molecule has 1 aromatic heterocycles. The Labute approximate surface area is 95.1 Å². The molecule has 2 N–H and O–H groups in total. The molecule has 0 atom stereocenters. The molecule has 0 saturated carbocycles. The van der Waals surface area contributed by atoms with Crippen molar-refractivity contribution in [3.05, 3.63) is 47.5 Å². The molecule has 1 aromatic carbocycles. The van der Waals surface area contributed by atoms with Crippen LogP contribution in [0.25, 0.3) is 0 Å². The molecule has 2 aromatic rings. The number of aryl methyl sites for hydroxylation is 1. The van der Waals surface area contributed by atoms with Crippen LogP contribution in [0.4, 0.5) is 0 Å². The van der Waals surface area contributed by atoms with Crippen molar-refractivity contribution in [2.75, 3.05) is 6.54 Å². The molecule has 2 rings (SSSR count). The summed E-state index contributed by atoms with van der Waals surface area (Å²) >= 11 is 0. The van der Waals surface area contributed by atoms with Gasteiger partial charge in [-0.25, -0.2) is 4.98 Å². The lowest BCUT2D eigenvalue weighted by molar-refractivity contribution is 0.671. The molecule has 0 bridgehead atoms. The van der Waals surface area contributed by atoms with Gasteiger partial charge >= 0.3 is 0 Å². The van der Waals surface area contributed by atoms with E-state index in [2.05, 4.69) is 51.7 Å². The van der Waals surface area contributed by atoms with Crippen LogP contribution in [0.2, 0.25) is 0 Å². The van der Waals surface area contributed by atoms with E-state index in [1.807, 2.05) is 0 Å². The zero-order valence-corrected chi connectivity index (χ0v) is 9.40. The Bertz CT molecular complexity index is 422. The number of aromatic amines is 1. The number of H-pyrrole nitrogens is 1. The number of rotatable bonds is 5. The van der Waals surface area contributed by atoms with Gasteiger partial charge in [-0.15, -0.1) is 0 Å². The highest BCUT2D eigenvalue weighted by Gasteiger charge is 1.96. The van der Waals surface area contributed by atoms with Crippen LogP contribution in [0, 0.1) is 6.92 Å². The molecule has 0 amide bonds. The molecule has 4 heteroatoms. The van der Waals surface area contributed by atoms with E-state index >= 15 is 0 Å². The summed E-state index contributed by atoms with van der Waals surface area (Å²) in [7, 11) is 0. The van der Waals surface area contributed by atoms with Gasteiger partial charge in [-0.1, -0.05) is 29.8 Å². The van der Waals surface area contributed by atoms with Gasteiger partial charge in [-0.3, -0.25) is 5.10 Å². The average Bonchev–Trinajstić information content (AvgIpc) is 2.77. The molecule has 16 heavy (non-hydrogen) atoms. The lowest BCUT2D eigenvalue weighted by atomic mass is 10.1. The molecule has 0 aliphatic rings. The third-order valence-corrected chi connectivity index (χ3v) is 2.42. The van der Waals surface area contributed by atoms with E-state index in [1.54, 1.807) is 0 Å². The van der Waals surface area contributed by atoms with E-state index in [9.17, 15) is 0 Å². The van der Waals surface area contributed by atoms with Gasteiger partial charge in [-0.05, 0) is 12.5 Å². The van der Waals surface area contributed by atoms with E-state index < -0.39 is 0 Å². The number of benzene rings is 1. The SMILES string of the molecule is Cc1cccc(CNCCc2ncn[nH]2)c1. The molecule has 1 heterocycles. The van der Waals surface area contributed by atoms with E-state index in [1.165, 1.54) is 17.5 Å². The van der Waals surface area contributed by atoms with Gasteiger partial charge in [0.2, 0.25) is 0 Å². The first-order valence-corrected chi connectivity index (χ1v) is 5.45. The van der Waals surface area contributed by atoms with Crippen molar-refractivity contribution in [2.24, 2.45) is 0 Å². The summed E-state index contributed by atoms with van der Waals surface area (Å²) in [6.45, 7) is 3.91. The Hall–Kier alpha value is -1.68. The van der Waals surface area contributed by atoms with Crippen LogP contribution in [0.5, 0.6) is 0 Å². The minimum absolute atomic E-state index is 0.881. The van der Waals surface area contributed by atoms with E-state index in [4.69, 9.17) is 0 Å². The summed E-state index contributed by atoms with van der Waals surface area (Å²) in [5, 5.41) is 10.0. The maximum Gasteiger partial charge on any atom is 0.137 e. The van der Waals surface area contributed by atoms with Crippen molar-refractivity contribution in [2.45, 2.75) is 19.9 Å². The van der Waals surface area contributed by atoms with E-state index in [-0.39, 0.29) is 0 Å². The van der Waals surface area contributed by atoms with Crippen molar-refractivity contribution in [1.82, 2.24) is 20.5 Å². The topological polar surface area (TPSA) is 53.6 Å². The molecule has 4 nitrogen and oxygen atoms in total. The van der Waals surface area contributed by atoms with Crippen molar-refractivity contribution < 1.29 is 0 Å². The molecule has 0 fully saturated rings. The Morgan fingerprint density at radius 3 is 3.06 bits per heavy atom. The summed E-state index contributed by atoms with van der Waals surface area (Å²) in [5.41, 5.74) is 2.62. The van der Waals surface area contributed by atoms with Gasteiger partial charge in [0.05, 0.1) is 0 Å². The highest BCUT2D eigenvalue weighted by molar-refractivity contribution is 5.21. The third-order valence-electron chi connectivity index (χ3n) is 2.42. The molecule has 0 radical (unpaired) electrons. The second-order valence-electron chi connectivity index (χ2n) is 3.85. The maximum absolute atomic E-state index is 4.07. The van der Waals surface area contributed by atoms with Gasteiger partial charge in [0, 0.05) is 19.5 Å². The normalized spacial score (nSPS) is 10.6. The first kappa shape index (κ1) is 10.8. The smallest absolute Gasteiger partial charge is 0.137 e. The molecule has 0 saturated heterocycles. The van der Waals surface area contributed by atoms with E-state index in [0.29, 0.717) is 0 Å². The number of nitrogens with one attached hydrogen (secondary N) is 2. The van der Waals surface area contributed by atoms with Crippen molar-refractivity contribution in [3.63, 3.8) is 0 Å². The predicted octanol–water partition coefficient (Wildman–Crippen LogP) is 1.45. The largest absolute Gasteiger partial charge is 0.312 e. The summed E-state index contributed by atoms with van der Waals surface area (Å²) in [4.78, 5) is 4.07. The Kier molecular flexibility index (Phi) is 3.66. The quantitative estimate of drug-likeness (QED) is 0.744. The standard InChI is InChI=1S/C12H16N4/c1-10-3-2-4-11(7-10)8-13-6-5-12-14-9-15-16-12/h2-4,7,9,13H,5-6,8H2,1H3,(H,14,15,16). The van der Waals surface area contributed by atoms with Gasteiger partial charge in [-0.2, -0.15) is 5.10 Å². The second kappa shape index (κ2) is 5.42. The van der Waals surface area contributed by atoms with E-state index in [0.717, 1.165) is 25.3 Å². The second-order valence-corrected chi connectivity index (χ2v) is 3.85. The summed E-state index contributed by atoms with van der Waals surface area (Å²) in [6, 6.07) is 8.52. The van der Waals surface area contributed by atoms with Crippen LogP contribution < -0.4 is 5.32 Å². The highest BCUT2D eigenvalue weighted by Crippen LogP contribution is 2.02. The fourth-order valence-electron chi connectivity index (χ4n) is 1.61. The van der Waals surface area contributed by atoms with Crippen LogP contribution in [0.3, 0.4) is 0 Å². The highest BCUT2D eigenvalue weighted by atomic mass is 15.2. The lowest BCUT2D eigenvalue weighted by Gasteiger charge is -2.04. The Balaban J connectivity index is 1.72. The molecular formula is C12H16N4. The third kappa shape index (κ3) is 3.17. The van der Waals surface area contributed by atoms with Crippen LogP contribution in [0.15, 0.2) is 30.6 Å². The zero-order chi connectivity index (χ0) is 11.2. The monoisotopic (exact) mass is 216 g/mol. The van der Waals surface area contributed by atoms with Crippen LogP contribution in [-0.2, 0) is 13.0 Å². The average molecular weight is 216 g/mol. The fourth-order valence-corrected chi connectivity index (χ4v) is 1.61. The summed E-state index contributed by atoms with van der Waals surface area (Å²) < 4.78 is 0. The van der Waals surface area contributed by atoms with Gasteiger partial charge in [0.25, 0.3) is 0 Å². The summed E-state index contributed by atoms with van der Waals surface area (Å²) in [5.74, 6) is 0.928. The summed E-state index contributed by atoms with van der Waals surface area (Å²) in [6.07, 6.45) is 2.42. The Morgan fingerprint density at radius 1 is 1.38 bits per heavy atom. The maximum atomic E-state index is 4.07. The number of nitrogens with zero attached hydrogens (tertiary/aromatic N) is 2. The van der Waals surface area contributed by atoms with Gasteiger partial charge < -0.3 is 5.32 Å². The van der Waals surface area contributed by atoms with Gasteiger partial charge in [0.15, 0.2) is 0 Å². The van der Waals surface area contributed by atoms with Crippen molar-refractivity contribution in [3.8, 4) is 0 Å². The van der Waals surface area contributed by atoms with Crippen molar-refractivity contribution >= 4 is 0 Å². The number of hydrogen-bond donors (Lipinski definition) is 2. The lowest BCUT2D eigenvalue weighted by Crippen LogP contribution is -2.17. The number of aromatic nitrogens is 3. The first-order chi connectivity index (χ1) is 7.84. The van der Waals surface area contributed by atoms with Gasteiger partial charge in [0.1, 0.15) is 12.2 Å². The van der Waals surface area contributed by atoms with Crippen LogP contribution in [0.1, 0.15) is 17.0 Å². The molecule has 0 aliphatic heterocycles.